The highest BCUT2D eigenvalue weighted by molar-refractivity contribution is 7.21. The van der Waals surface area contributed by atoms with E-state index in [1.54, 1.807) is 18.4 Å². The van der Waals surface area contributed by atoms with Gasteiger partial charge in [0.1, 0.15) is 10.8 Å². The Bertz CT molecular complexity index is 767. The Labute approximate surface area is 139 Å². The fourth-order valence-corrected chi connectivity index (χ4v) is 3.62. The van der Waals surface area contributed by atoms with Crippen molar-refractivity contribution in [2.24, 2.45) is 0 Å². The van der Waals surface area contributed by atoms with E-state index in [0.29, 0.717) is 12.8 Å². The van der Waals surface area contributed by atoms with Crippen LogP contribution in [0.15, 0.2) is 42.5 Å². The quantitative estimate of drug-likeness (QED) is 0.729. The van der Waals surface area contributed by atoms with Crippen LogP contribution in [0.5, 0.6) is 5.75 Å². The molecule has 5 heteroatoms. The molecule has 2 N–H and O–H groups in total. The van der Waals surface area contributed by atoms with Crippen LogP contribution in [0.3, 0.4) is 0 Å². The lowest BCUT2D eigenvalue weighted by atomic mass is 10.00. The highest BCUT2D eigenvalue weighted by Crippen LogP contribution is 2.36. The minimum atomic E-state index is -0.719. The number of hydrogen-bond acceptors (Lipinski definition) is 5. The first-order valence-corrected chi connectivity index (χ1v) is 8.35. The summed E-state index contributed by atoms with van der Waals surface area (Å²) in [6.45, 7) is -0.231. The lowest BCUT2D eigenvalue weighted by molar-refractivity contribution is 0.0885. The average Bonchev–Trinajstić information content (AvgIpc) is 3.03. The number of ether oxygens (including phenoxy) is 1. The number of aromatic nitrogens is 1. The van der Waals surface area contributed by atoms with Gasteiger partial charge < -0.3 is 14.9 Å². The molecular formula is C18H19NO3S. The zero-order valence-electron chi connectivity index (χ0n) is 12.9. The molecule has 1 atom stereocenters. The van der Waals surface area contributed by atoms with Crippen molar-refractivity contribution in [3.8, 4) is 16.3 Å². The predicted molar refractivity (Wildman–Crippen MR) is 93.0 cm³/mol. The van der Waals surface area contributed by atoms with Crippen molar-refractivity contribution in [1.82, 2.24) is 4.98 Å². The van der Waals surface area contributed by atoms with Crippen molar-refractivity contribution in [1.29, 1.82) is 0 Å². The smallest absolute Gasteiger partial charge is 0.125 e. The maximum atomic E-state index is 9.65. The van der Waals surface area contributed by atoms with Crippen LogP contribution in [0.25, 0.3) is 20.8 Å². The van der Waals surface area contributed by atoms with Gasteiger partial charge in [-0.1, -0.05) is 24.3 Å². The first kappa shape index (κ1) is 15.9. The molecule has 23 heavy (non-hydrogen) atoms. The van der Waals surface area contributed by atoms with Crippen LogP contribution in [0.1, 0.15) is 12.0 Å². The molecule has 1 unspecified atom stereocenters. The van der Waals surface area contributed by atoms with Crippen molar-refractivity contribution < 1.29 is 14.9 Å². The fourth-order valence-electron chi connectivity index (χ4n) is 2.60. The number of nitrogens with zero attached hydrogens (tertiary/aromatic N) is 1. The van der Waals surface area contributed by atoms with Crippen LogP contribution in [-0.2, 0) is 6.42 Å². The number of benzene rings is 2. The molecule has 120 valence electrons. The maximum Gasteiger partial charge on any atom is 0.125 e. The highest BCUT2D eigenvalue weighted by atomic mass is 32.1. The van der Waals surface area contributed by atoms with E-state index in [-0.39, 0.29) is 6.61 Å². The van der Waals surface area contributed by atoms with E-state index in [1.165, 1.54) is 0 Å². The molecule has 0 fully saturated rings. The summed E-state index contributed by atoms with van der Waals surface area (Å²) >= 11 is 1.65. The molecule has 0 bridgehead atoms. The van der Waals surface area contributed by atoms with Crippen LogP contribution in [-0.4, -0.2) is 35.0 Å². The third-order valence-electron chi connectivity index (χ3n) is 3.82. The number of rotatable bonds is 6. The van der Waals surface area contributed by atoms with Crippen molar-refractivity contribution in [2.75, 3.05) is 13.7 Å². The second-order valence-electron chi connectivity index (χ2n) is 5.35. The van der Waals surface area contributed by atoms with Gasteiger partial charge in [-0.15, -0.1) is 11.3 Å². The monoisotopic (exact) mass is 329 g/mol. The topological polar surface area (TPSA) is 62.6 Å². The van der Waals surface area contributed by atoms with Gasteiger partial charge in [0.25, 0.3) is 0 Å². The third-order valence-corrected chi connectivity index (χ3v) is 4.89. The zero-order chi connectivity index (χ0) is 16.2. The van der Waals surface area contributed by atoms with E-state index in [4.69, 9.17) is 14.8 Å². The fraction of sp³-hybridized carbons (Fsp3) is 0.278. The van der Waals surface area contributed by atoms with Crippen LogP contribution >= 0.6 is 11.3 Å². The van der Waals surface area contributed by atoms with Gasteiger partial charge in [0, 0.05) is 11.1 Å². The van der Waals surface area contributed by atoms with Crippen molar-refractivity contribution >= 4 is 21.6 Å². The van der Waals surface area contributed by atoms with Gasteiger partial charge in [0.15, 0.2) is 0 Å². The van der Waals surface area contributed by atoms with E-state index in [9.17, 15) is 5.11 Å². The van der Waals surface area contributed by atoms with E-state index < -0.39 is 6.10 Å². The molecule has 3 rings (SSSR count). The van der Waals surface area contributed by atoms with Gasteiger partial charge >= 0.3 is 0 Å². The average molecular weight is 329 g/mol. The lowest BCUT2D eigenvalue weighted by Gasteiger charge is -2.14. The Morgan fingerprint density at radius 3 is 2.74 bits per heavy atom. The number of thiazole rings is 1. The van der Waals surface area contributed by atoms with Gasteiger partial charge in [0.2, 0.25) is 0 Å². The number of hydrogen-bond donors (Lipinski definition) is 2. The molecule has 1 aromatic heterocycles. The summed E-state index contributed by atoms with van der Waals surface area (Å²) in [7, 11) is 1.64. The summed E-state index contributed by atoms with van der Waals surface area (Å²) in [4.78, 5) is 4.72. The van der Waals surface area contributed by atoms with E-state index >= 15 is 0 Å². The number of aliphatic hydroxyl groups is 2. The number of aliphatic hydroxyl groups excluding tert-OH is 2. The Kier molecular flexibility index (Phi) is 4.91. The maximum absolute atomic E-state index is 9.65. The number of para-hydroxylation sites is 1. The van der Waals surface area contributed by atoms with E-state index in [0.717, 1.165) is 32.1 Å². The lowest BCUT2D eigenvalue weighted by Crippen LogP contribution is -2.13. The summed E-state index contributed by atoms with van der Waals surface area (Å²) in [5, 5.41) is 19.6. The summed E-state index contributed by atoms with van der Waals surface area (Å²) in [6, 6.07) is 13.9. The minimum Gasteiger partial charge on any atom is -0.496 e. The third kappa shape index (κ3) is 3.37. The van der Waals surface area contributed by atoms with Crippen molar-refractivity contribution in [3.63, 3.8) is 0 Å². The Balaban J connectivity index is 2.03. The van der Waals surface area contributed by atoms with Gasteiger partial charge in [-0.05, 0) is 31.0 Å². The van der Waals surface area contributed by atoms with Gasteiger partial charge in [-0.3, -0.25) is 0 Å². The number of fused-ring (bicyclic) bond motifs is 1. The molecule has 0 radical (unpaired) electrons. The first-order valence-electron chi connectivity index (χ1n) is 7.53. The molecular weight excluding hydrogens is 310 g/mol. The van der Waals surface area contributed by atoms with Gasteiger partial charge in [-0.2, -0.15) is 0 Å². The summed E-state index contributed by atoms with van der Waals surface area (Å²) in [5.41, 5.74) is 3.02. The number of methoxy groups -OCH3 is 1. The molecule has 0 amide bonds. The SMILES string of the molecule is COc1cccc(-c2nc3ccccc3s2)c1CCC(O)CO. The van der Waals surface area contributed by atoms with Crippen LogP contribution in [0, 0.1) is 0 Å². The molecule has 0 spiro atoms. The standard InChI is InChI=1S/C18H19NO3S/c1-22-16-7-4-5-14(13(16)10-9-12(21)11-20)18-19-15-6-2-3-8-17(15)23-18/h2-8,12,20-21H,9-11H2,1H3. The second-order valence-corrected chi connectivity index (χ2v) is 6.38. The zero-order valence-corrected chi connectivity index (χ0v) is 13.7. The van der Waals surface area contributed by atoms with Crippen molar-refractivity contribution in [3.05, 3.63) is 48.0 Å². The van der Waals surface area contributed by atoms with Gasteiger partial charge in [0.05, 0.1) is 30.0 Å². The largest absolute Gasteiger partial charge is 0.496 e. The molecule has 0 aliphatic carbocycles. The molecule has 0 aliphatic rings. The Morgan fingerprint density at radius 2 is 2.00 bits per heavy atom. The highest BCUT2D eigenvalue weighted by Gasteiger charge is 2.15. The summed E-state index contributed by atoms with van der Waals surface area (Å²) in [6.07, 6.45) is 0.384. The molecule has 2 aromatic carbocycles. The van der Waals surface area contributed by atoms with Crippen LogP contribution < -0.4 is 4.74 Å². The van der Waals surface area contributed by atoms with Crippen molar-refractivity contribution in [2.45, 2.75) is 18.9 Å². The molecule has 1 heterocycles. The normalized spacial score (nSPS) is 12.5. The van der Waals surface area contributed by atoms with E-state index in [1.807, 2.05) is 36.4 Å². The minimum absolute atomic E-state index is 0.231. The van der Waals surface area contributed by atoms with Crippen LogP contribution in [0.4, 0.5) is 0 Å². The van der Waals surface area contributed by atoms with Gasteiger partial charge in [-0.25, -0.2) is 4.98 Å². The van der Waals surface area contributed by atoms with E-state index in [2.05, 4.69) is 6.07 Å². The Hall–Kier alpha value is -1.95. The molecule has 3 aromatic rings. The molecule has 0 saturated carbocycles. The molecule has 0 aliphatic heterocycles. The summed E-state index contributed by atoms with van der Waals surface area (Å²) in [5.74, 6) is 0.784. The molecule has 0 saturated heterocycles. The Morgan fingerprint density at radius 1 is 1.17 bits per heavy atom. The summed E-state index contributed by atoms with van der Waals surface area (Å²) < 4.78 is 6.63. The van der Waals surface area contributed by atoms with Crippen LogP contribution in [0.2, 0.25) is 0 Å². The second kappa shape index (κ2) is 7.08. The molecule has 4 nitrogen and oxygen atoms in total. The predicted octanol–water partition coefficient (Wildman–Crippen LogP) is 3.26. The first-order chi connectivity index (χ1) is 11.2.